The second kappa shape index (κ2) is 10.6. The Labute approximate surface area is 191 Å². The lowest BCUT2D eigenvalue weighted by Crippen LogP contribution is -2.07. The molecule has 162 valence electrons. The first-order chi connectivity index (χ1) is 15.4. The Hall–Kier alpha value is -3.62. The Kier molecular flexibility index (Phi) is 7.64. The number of aliphatic carboxylic acids is 1. The Morgan fingerprint density at radius 1 is 1.06 bits per heavy atom. The first-order valence-electron chi connectivity index (χ1n) is 10.2. The highest BCUT2D eigenvalue weighted by Gasteiger charge is 2.16. The van der Waals surface area contributed by atoms with Gasteiger partial charge in [0.05, 0.1) is 11.5 Å². The highest BCUT2D eigenvalue weighted by Crippen LogP contribution is 2.29. The number of benzene rings is 3. The van der Waals surface area contributed by atoms with E-state index in [9.17, 15) is 14.9 Å². The third kappa shape index (κ3) is 5.96. The number of ether oxygens (including phenoxy) is 1. The van der Waals surface area contributed by atoms with Crippen LogP contribution in [0.2, 0.25) is 5.02 Å². The number of carboxylic acids is 1. The van der Waals surface area contributed by atoms with E-state index in [0.29, 0.717) is 34.1 Å². The first-order valence-corrected chi connectivity index (χ1v) is 10.6. The monoisotopic (exact) mass is 447 g/mol. The average molecular weight is 448 g/mol. The minimum Gasteiger partial charge on any atom is -0.481 e. The maximum absolute atomic E-state index is 12.5. The van der Waals surface area contributed by atoms with Gasteiger partial charge in [-0.05, 0) is 79.4 Å². The van der Waals surface area contributed by atoms with Crippen LogP contribution in [0.3, 0.4) is 0 Å². The van der Waals surface area contributed by atoms with E-state index in [-0.39, 0.29) is 11.3 Å². The van der Waals surface area contributed by atoms with Gasteiger partial charge in [-0.15, -0.1) is 0 Å². The molecule has 0 radical (unpaired) electrons. The van der Waals surface area contributed by atoms with E-state index in [0.717, 1.165) is 18.4 Å². The van der Waals surface area contributed by atoms with Crippen LogP contribution >= 0.6 is 11.6 Å². The number of rotatable bonds is 9. The van der Waals surface area contributed by atoms with E-state index in [1.54, 1.807) is 43.3 Å². The molecular weight excluding hydrogens is 426 g/mol. The van der Waals surface area contributed by atoms with Crippen LogP contribution in [0.5, 0.6) is 11.5 Å². The standard InChI is InChI=1S/C26H22ClNO4/c1-17(26(30)31)20-9-14-25(21(15-20)16-28)32-23-12-7-19(8-13-23)24(29)4-2-3-18-5-10-22(27)11-6-18/h5-15,17H,2-4H2,1H3,(H,30,31). The highest BCUT2D eigenvalue weighted by atomic mass is 35.5. The number of aryl methyl sites for hydroxylation is 1. The van der Waals surface area contributed by atoms with Gasteiger partial charge in [-0.3, -0.25) is 9.59 Å². The fourth-order valence-electron chi connectivity index (χ4n) is 3.22. The smallest absolute Gasteiger partial charge is 0.310 e. The van der Waals surface area contributed by atoms with Crippen molar-refractivity contribution in [2.24, 2.45) is 0 Å². The van der Waals surface area contributed by atoms with Gasteiger partial charge in [0, 0.05) is 17.0 Å². The summed E-state index contributed by atoms with van der Waals surface area (Å²) in [5.41, 5.74) is 2.52. The van der Waals surface area contributed by atoms with E-state index >= 15 is 0 Å². The van der Waals surface area contributed by atoms with Crippen molar-refractivity contribution in [3.63, 3.8) is 0 Å². The molecule has 0 aromatic heterocycles. The quantitative estimate of drug-likeness (QED) is 0.383. The number of nitrogens with zero attached hydrogens (tertiary/aromatic N) is 1. The summed E-state index contributed by atoms with van der Waals surface area (Å²) >= 11 is 5.89. The molecule has 32 heavy (non-hydrogen) atoms. The maximum Gasteiger partial charge on any atom is 0.310 e. The Morgan fingerprint density at radius 2 is 1.75 bits per heavy atom. The van der Waals surface area contributed by atoms with Gasteiger partial charge in [0.2, 0.25) is 0 Å². The molecule has 0 spiro atoms. The number of carboxylic acid groups (broad SMARTS) is 1. The number of hydrogen-bond donors (Lipinski definition) is 1. The van der Waals surface area contributed by atoms with Crippen molar-refractivity contribution in [3.05, 3.63) is 94.0 Å². The molecule has 6 heteroatoms. The highest BCUT2D eigenvalue weighted by molar-refractivity contribution is 6.30. The first kappa shape index (κ1) is 23.1. The van der Waals surface area contributed by atoms with E-state index in [2.05, 4.69) is 0 Å². The lowest BCUT2D eigenvalue weighted by atomic mass is 9.99. The predicted octanol–water partition coefficient (Wildman–Crippen LogP) is 6.40. The zero-order valence-corrected chi connectivity index (χ0v) is 18.3. The molecule has 0 amide bonds. The van der Waals surface area contributed by atoms with Gasteiger partial charge in [-0.2, -0.15) is 5.26 Å². The molecule has 1 atom stereocenters. The molecule has 0 saturated heterocycles. The summed E-state index contributed by atoms with van der Waals surface area (Å²) in [6, 6.07) is 21.2. The van der Waals surface area contributed by atoms with Crippen LogP contribution in [0.4, 0.5) is 0 Å². The van der Waals surface area contributed by atoms with Crippen LogP contribution in [0.1, 0.15) is 52.7 Å². The van der Waals surface area contributed by atoms with Crippen molar-refractivity contribution >= 4 is 23.4 Å². The van der Waals surface area contributed by atoms with E-state index in [4.69, 9.17) is 21.4 Å². The molecule has 1 N–H and O–H groups in total. The van der Waals surface area contributed by atoms with Crippen LogP contribution in [0.15, 0.2) is 66.7 Å². The van der Waals surface area contributed by atoms with Crippen LogP contribution in [-0.4, -0.2) is 16.9 Å². The summed E-state index contributed by atoms with van der Waals surface area (Å²) < 4.78 is 5.79. The maximum atomic E-state index is 12.5. The molecular formula is C26H22ClNO4. The van der Waals surface area contributed by atoms with Gasteiger partial charge < -0.3 is 9.84 Å². The second-order valence-electron chi connectivity index (χ2n) is 7.46. The van der Waals surface area contributed by atoms with Crippen molar-refractivity contribution in [2.45, 2.75) is 32.1 Å². The molecule has 0 aliphatic carbocycles. The summed E-state index contributed by atoms with van der Waals surface area (Å²) in [7, 11) is 0. The van der Waals surface area contributed by atoms with Crippen molar-refractivity contribution in [2.75, 3.05) is 0 Å². The molecule has 3 rings (SSSR count). The van der Waals surface area contributed by atoms with Crippen LogP contribution in [0, 0.1) is 11.3 Å². The normalized spacial score (nSPS) is 11.4. The lowest BCUT2D eigenvalue weighted by Gasteiger charge is -2.11. The molecule has 0 saturated carbocycles. The summed E-state index contributed by atoms with van der Waals surface area (Å²) in [6.45, 7) is 1.56. The van der Waals surface area contributed by atoms with E-state index < -0.39 is 11.9 Å². The Balaban J connectivity index is 1.60. The number of ketones is 1. The molecule has 3 aromatic carbocycles. The van der Waals surface area contributed by atoms with Crippen LogP contribution in [0.25, 0.3) is 0 Å². The third-order valence-corrected chi connectivity index (χ3v) is 5.43. The Morgan fingerprint density at radius 3 is 2.38 bits per heavy atom. The molecule has 1 unspecified atom stereocenters. The fraction of sp³-hybridized carbons (Fsp3) is 0.192. The van der Waals surface area contributed by atoms with Crippen LogP contribution in [-0.2, 0) is 11.2 Å². The zero-order chi connectivity index (χ0) is 23.1. The Bertz CT molecular complexity index is 1150. The van der Waals surface area contributed by atoms with E-state index in [1.807, 2.05) is 30.3 Å². The largest absolute Gasteiger partial charge is 0.481 e. The molecule has 0 aliphatic heterocycles. The number of nitriles is 1. The summed E-state index contributed by atoms with van der Waals surface area (Å²) in [5, 5.41) is 19.3. The third-order valence-electron chi connectivity index (χ3n) is 5.18. The number of Topliss-reactive ketones (excluding diaryl/α,β-unsaturated/α-hetero) is 1. The average Bonchev–Trinajstić information content (AvgIpc) is 2.80. The number of halogens is 1. The minimum absolute atomic E-state index is 0.0511. The number of hydrogen-bond acceptors (Lipinski definition) is 4. The van der Waals surface area contributed by atoms with Gasteiger partial charge in [0.15, 0.2) is 5.78 Å². The summed E-state index contributed by atoms with van der Waals surface area (Å²) in [4.78, 5) is 23.6. The summed E-state index contributed by atoms with van der Waals surface area (Å²) in [6.07, 6.45) is 1.98. The van der Waals surface area contributed by atoms with Gasteiger partial charge in [0.25, 0.3) is 0 Å². The molecule has 3 aromatic rings. The minimum atomic E-state index is -0.962. The zero-order valence-electron chi connectivity index (χ0n) is 17.5. The van der Waals surface area contributed by atoms with Crippen molar-refractivity contribution < 1.29 is 19.4 Å². The number of carbonyl (C=O) groups is 2. The lowest BCUT2D eigenvalue weighted by molar-refractivity contribution is -0.138. The molecule has 0 fully saturated rings. The topological polar surface area (TPSA) is 87.4 Å². The molecule has 0 aliphatic rings. The predicted molar refractivity (Wildman–Crippen MR) is 122 cm³/mol. The fourth-order valence-corrected chi connectivity index (χ4v) is 3.35. The van der Waals surface area contributed by atoms with Gasteiger partial charge in [-0.1, -0.05) is 29.8 Å². The molecule has 0 bridgehead atoms. The van der Waals surface area contributed by atoms with Crippen LogP contribution < -0.4 is 4.74 Å². The SMILES string of the molecule is CC(C(=O)O)c1ccc(Oc2ccc(C(=O)CCCc3ccc(Cl)cc3)cc2)c(C#N)c1. The van der Waals surface area contributed by atoms with Crippen molar-refractivity contribution in [3.8, 4) is 17.6 Å². The van der Waals surface area contributed by atoms with E-state index in [1.165, 1.54) is 6.07 Å². The summed E-state index contributed by atoms with van der Waals surface area (Å²) in [5.74, 6) is -0.818. The van der Waals surface area contributed by atoms with Gasteiger partial charge >= 0.3 is 5.97 Å². The van der Waals surface area contributed by atoms with Crippen molar-refractivity contribution in [1.82, 2.24) is 0 Å². The molecule has 5 nitrogen and oxygen atoms in total. The molecule has 0 heterocycles. The second-order valence-corrected chi connectivity index (χ2v) is 7.89. The van der Waals surface area contributed by atoms with Crippen molar-refractivity contribution in [1.29, 1.82) is 5.26 Å². The number of carbonyl (C=O) groups excluding carboxylic acids is 1. The van der Waals surface area contributed by atoms with Gasteiger partial charge in [0.1, 0.15) is 17.6 Å². The van der Waals surface area contributed by atoms with Gasteiger partial charge in [-0.25, -0.2) is 0 Å².